The van der Waals surface area contributed by atoms with Crippen LogP contribution in [0.1, 0.15) is 31.0 Å². The second-order valence-electron chi connectivity index (χ2n) is 6.89. The molecule has 0 aliphatic rings. The number of thioether (sulfide) groups is 1. The second kappa shape index (κ2) is 8.34. The maximum atomic E-state index is 13.1. The quantitative estimate of drug-likeness (QED) is 0.334. The SMILES string of the molecule is CC(C)c1ccc(-c2nc(CSc3nnc(-c4ccc(F)cc4)n3N)cs2)cc1. The minimum atomic E-state index is -0.301. The first-order chi connectivity index (χ1) is 14.0. The molecule has 0 saturated heterocycles. The predicted molar refractivity (Wildman–Crippen MR) is 117 cm³/mol. The molecule has 0 amide bonds. The zero-order valence-corrected chi connectivity index (χ0v) is 17.7. The van der Waals surface area contributed by atoms with E-state index in [9.17, 15) is 4.39 Å². The Bertz CT molecular complexity index is 1100. The van der Waals surface area contributed by atoms with Crippen LogP contribution in [0.25, 0.3) is 22.0 Å². The molecule has 0 aliphatic carbocycles. The van der Waals surface area contributed by atoms with Gasteiger partial charge in [0.05, 0.1) is 5.69 Å². The molecule has 0 radical (unpaired) electrons. The molecule has 4 aromatic rings. The summed E-state index contributed by atoms with van der Waals surface area (Å²) in [5.74, 6) is 7.48. The van der Waals surface area contributed by atoms with Crippen molar-refractivity contribution in [3.63, 3.8) is 0 Å². The highest BCUT2D eigenvalue weighted by Crippen LogP contribution is 2.29. The van der Waals surface area contributed by atoms with Crippen LogP contribution >= 0.6 is 23.1 Å². The molecule has 0 bridgehead atoms. The zero-order chi connectivity index (χ0) is 20.4. The minimum absolute atomic E-state index is 0.301. The zero-order valence-electron chi connectivity index (χ0n) is 16.0. The number of halogens is 1. The van der Waals surface area contributed by atoms with Crippen LogP contribution in [0.4, 0.5) is 4.39 Å². The Hall–Kier alpha value is -2.71. The van der Waals surface area contributed by atoms with Crippen molar-refractivity contribution in [2.75, 3.05) is 5.84 Å². The summed E-state index contributed by atoms with van der Waals surface area (Å²) in [6.07, 6.45) is 0. The number of nitrogen functional groups attached to an aromatic ring is 1. The third kappa shape index (κ3) is 4.33. The molecule has 0 aliphatic heterocycles. The van der Waals surface area contributed by atoms with Crippen molar-refractivity contribution in [1.82, 2.24) is 19.9 Å². The van der Waals surface area contributed by atoms with Crippen LogP contribution in [0.2, 0.25) is 0 Å². The fraction of sp³-hybridized carbons (Fsp3) is 0.190. The molecule has 2 N–H and O–H groups in total. The summed E-state index contributed by atoms with van der Waals surface area (Å²) in [6.45, 7) is 4.37. The van der Waals surface area contributed by atoms with Crippen molar-refractivity contribution in [2.45, 2.75) is 30.7 Å². The minimum Gasteiger partial charge on any atom is -0.335 e. The molecule has 0 unspecified atom stereocenters. The van der Waals surface area contributed by atoms with Crippen molar-refractivity contribution in [2.24, 2.45) is 0 Å². The largest absolute Gasteiger partial charge is 0.335 e. The van der Waals surface area contributed by atoms with Crippen LogP contribution in [-0.4, -0.2) is 19.9 Å². The van der Waals surface area contributed by atoms with E-state index in [0.29, 0.717) is 28.2 Å². The molecule has 2 aromatic carbocycles. The first-order valence-corrected chi connectivity index (χ1v) is 11.0. The summed E-state index contributed by atoms with van der Waals surface area (Å²) < 4.78 is 14.5. The van der Waals surface area contributed by atoms with Gasteiger partial charge in [-0.25, -0.2) is 14.1 Å². The number of hydrogen-bond acceptors (Lipinski definition) is 6. The molecule has 29 heavy (non-hydrogen) atoms. The van der Waals surface area contributed by atoms with Crippen LogP contribution in [-0.2, 0) is 5.75 Å². The van der Waals surface area contributed by atoms with Crippen LogP contribution in [0.15, 0.2) is 59.1 Å². The van der Waals surface area contributed by atoms with Gasteiger partial charge in [0.15, 0.2) is 5.82 Å². The Kier molecular flexibility index (Phi) is 5.64. The number of nitrogens with two attached hydrogens (primary N) is 1. The van der Waals surface area contributed by atoms with E-state index < -0.39 is 0 Å². The molecule has 2 heterocycles. The molecular formula is C21H20FN5S2. The van der Waals surface area contributed by atoms with E-state index in [-0.39, 0.29) is 5.82 Å². The summed E-state index contributed by atoms with van der Waals surface area (Å²) in [4.78, 5) is 4.73. The van der Waals surface area contributed by atoms with E-state index in [1.807, 2.05) is 0 Å². The Morgan fingerprint density at radius 2 is 1.72 bits per heavy atom. The van der Waals surface area contributed by atoms with E-state index in [2.05, 4.69) is 53.7 Å². The Morgan fingerprint density at radius 3 is 2.41 bits per heavy atom. The highest BCUT2D eigenvalue weighted by molar-refractivity contribution is 7.98. The van der Waals surface area contributed by atoms with E-state index in [1.165, 1.54) is 34.1 Å². The normalized spacial score (nSPS) is 11.3. The van der Waals surface area contributed by atoms with Gasteiger partial charge in [0.2, 0.25) is 5.16 Å². The van der Waals surface area contributed by atoms with Gasteiger partial charge in [-0.2, -0.15) is 0 Å². The topological polar surface area (TPSA) is 69.6 Å². The van der Waals surface area contributed by atoms with Gasteiger partial charge in [-0.15, -0.1) is 21.5 Å². The van der Waals surface area contributed by atoms with Gasteiger partial charge in [-0.1, -0.05) is 49.9 Å². The lowest BCUT2D eigenvalue weighted by atomic mass is 10.0. The number of nitrogens with zero attached hydrogens (tertiary/aromatic N) is 4. The molecule has 5 nitrogen and oxygen atoms in total. The van der Waals surface area contributed by atoms with Gasteiger partial charge in [-0.3, -0.25) is 0 Å². The number of hydrogen-bond donors (Lipinski definition) is 1. The summed E-state index contributed by atoms with van der Waals surface area (Å²) in [7, 11) is 0. The first-order valence-electron chi connectivity index (χ1n) is 9.15. The van der Waals surface area contributed by atoms with Crippen LogP contribution in [0.3, 0.4) is 0 Å². The fourth-order valence-corrected chi connectivity index (χ4v) is 4.51. The number of thiazole rings is 1. The van der Waals surface area contributed by atoms with Gasteiger partial charge in [0, 0.05) is 22.3 Å². The lowest BCUT2D eigenvalue weighted by Crippen LogP contribution is -2.11. The van der Waals surface area contributed by atoms with Crippen molar-refractivity contribution >= 4 is 23.1 Å². The summed E-state index contributed by atoms with van der Waals surface area (Å²) in [5, 5.41) is 11.9. The highest BCUT2D eigenvalue weighted by Gasteiger charge is 2.13. The molecular weight excluding hydrogens is 405 g/mol. The first kappa shape index (κ1) is 19.6. The van der Waals surface area contributed by atoms with E-state index in [0.717, 1.165) is 16.3 Å². The van der Waals surface area contributed by atoms with Gasteiger partial charge in [-0.05, 0) is 35.7 Å². The maximum absolute atomic E-state index is 13.1. The van der Waals surface area contributed by atoms with Crippen LogP contribution < -0.4 is 5.84 Å². The average Bonchev–Trinajstić information content (AvgIpc) is 3.34. The van der Waals surface area contributed by atoms with Gasteiger partial charge < -0.3 is 5.84 Å². The van der Waals surface area contributed by atoms with E-state index in [4.69, 9.17) is 10.8 Å². The molecule has 2 aromatic heterocycles. The number of rotatable bonds is 6. The van der Waals surface area contributed by atoms with Gasteiger partial charge in [0.1, 0.15) is 10.8 Å². The summed E-state index contributed by atoms with van der Waals surface area (Å²) >= 11 is 3.09. The maximum Gasteiger partial charge on any atom is 0.210 e. The van der Waals surface area contributed by atoms with E-state index in [1.54, 1.807) is 23.5 Å². The molecule has 0 fully saturated rings. The summed E-state index contributed by atoms with van der Waals surface area (Å²) in [6, 6.07) is 14.6. The highest BCUT2D eigenvalue weighted by atomic mass is 32.2. The molecule has 0 saturated carbocycles. The standard InChI is InChI=1S/C21H20FN5S2/c1-13(2)14-3-5-16(6-4-14)20-24-18(11-28-20)12-29-21-26-25-19(27(21)23)15-7-9-17(22)10-8-15/h3-11,13H,12,23H2,1-2H3. The lowest BCUT2D eigenvalue weighted by molar-refractivity contribution is 0.628. The van der Waals surface area contributed by atoms with Crippen molar-refractivity contribution < 1.29 is 4.39 Å². The number of aromatic nitrogens is 4. The van der Waals surface area contributed by atoms with E-state index >= 15 is 0 Å². The van der Waals surface area contributed by atoms with Crippen LogP contribution in [0.5, 0.6) is 0 Å². The van der Waals surface area contributed by atoms with Crippen molar-refractivity contribution in [3.8, 4) is 22.0 Å². The monoisotopic (exact) mass is 425 g/mol. The second-order valence-corrected chi connectivity index (χ2v) is 8.69. The van der Waals surface area contributed by atoms with Crippen molar-refractivity contribution in [1.29, 1.82) is 0 Å². The van der Waals surface area contributed by atoms with Crippen molar-refractivity contribution in [3.05, 3.63) is 71.0 Å². The fourth-order valence-electron chi connectivity index (χ4n) is 2.83. The molecule has 148 valence electrons. The third-order valence-electron chi connectivity index (χ3n) is 4.49. The Morgan fingerprint density at radius 1 is 1.03 bits per heavy atom. The lowest BCUT2D eigenvalue weighted by Gasteiger charge is -2.05. The Balaban J connectivity index is 1.44. The van der Waals surface area contributed by atoms with Gasteiger partial charge in [0.25, 0.3) is 0 Å². The third-order valence-corrected chi connectivity index (χ3v) is 6.41. The predicted octanol–water partition coefficient (Wildman–Crippen LogP) is 5.34. The average molecular weight is 426 g/mol. The Labute approximate surface area is 176 Å². The molecule has 8 heteroatoms. The molecule has 0 atom stereocenters. The van der Waals surface area contributed by atoms with Crippen LogP contribution in [0, 0.1) is 5.82 Å². The number of benzene rings is 2. The smallest absolute Gasteiger partial charge is 0.210 e. The van der Waals surface area contributed by atoms with Gasteiger partial charge >= 0.3 is 0 Å². The summed E-state index contributed by atoms with van der Waals surface area (Å²) in [5.41, 5.74) is 4.12. The molecule has 4 rings (SSSR count). The molecule has 0 spiro atoms.